The van der Waals surface area contributed by atoms with Crippen LogP contribution in [0.25, 0.3) is 0 Å². The molecule has 7 heteroatoms. The largest absolute Gasteiger partial charge is 0.436 e. The molecule has 160 valence electrons. The fourth-order valence-electron chi connectivity index (χ4n) is 3.61. The number of rotatable bonds is 6. The number of benzene rings is 2. The first-order valence-electron chi connectivity index (χ1n) is 10.5. The van der Waals surface area contributed by atoms with Gasteiger partial charge in [-0.2, -0.15) is 0 Å². The smallest absolute Gasteiger partial charge is 0.263 e. The second-order valence-corrected chi connectivity index (χ2v) is 7.61. The first-order chi connectivity index (χ1) is 15.1. The van der Waals surface area contributed by atoms with Gasteiger partial charge in [-0.15, -0.1) is 0 Å². The highest BCUT2D eigenvalue weighted by molar-refractivity contribution is 5.94. The van der Waals surface area contributed by atoms with Gasteiger partial charge in [-0.05, 0) is 68.1 Å². The van der Waals surface area contributed by atoms with E-state index in [0.717, 1.165) is 37.3 Å². The Morgan fingerprint density at radius 1 is 1.00 bits per heavy atom. The van der Waals surface area contributed by atoms with Crippen molar-refractivity contribution in [1.29, 1.82) is 0 Å². The van der Waals surface area contributed by atoms with E-state index in [1.807, 2.05) is 6.92 Å². The molecule has 1 atom stereocenters. The SMILES string of the molecule is CC(NC(=O)c1ccc(Oc2nccnc2N2CCCCC2)cc1)c1ccc(F)cc1. The standard InChI is InChI=1S/C24H25FN4O2/c1-17(18-5-9-20(25)10-6-18)28-23(30)19-7-11-21(12-8-19)31-24-22(26-13-14-27-24)29-15-3-2-4-16-29/h5-14,17H,2-4,15-16H2,1H3,(H,28,30). The van der Waals surface area contributed by atoms with E-state index < -0.39 is 0 Å². The number of piperidine rings is 1. The molecule has 3 aromatic rings. The molecule has 1 unspecified atom stereocenters. The minimum Gasteiger partial charge on any atom is -0.436 e. The number of nitrogens with one attached hydrogen (secondary N) is 1. The zero-order valence-corrected chi connectivity index (χ0v) is 17.4. The summed E-state index contributed by atoms with van der Waals surface area (Å²) in [5, 5.41) is 2.92. The van der Waals surface area contributed by atoms with Gasteiger partial charge in [0.05, 0.1) is 6.04 Å². The third-order valence-corrected chi connectivity index (χ3v) is 5.35. The van der Waals surface area contributed by atoms with Crippen LogP contribution >= 0.6 is 0 Å². The molecule has 1 N–H and O–H groups in total. The first kappa shape index (κ1) is 20.8. The highest BCUT2D eigenvalue weighted by Crippen LogP contribution is 2.30. The second kappa shape index (κ2) is 9.55. The van der Waals surface area contributed by atoms with Gasteiger partial charge < -0.3 is 15.0 Å². The van der Waals surface area contributed by atoms with Crippen LogP contribution in [0.3, 0.4) is 0 Å². The second-order valence-electron chi connectivity index (χ2n) is 7.61. The van der Waals surface area contributed by atoms with E-state index in [-0.39, 0.29) is 17.8 Å². The van der Waals surface area contributed by atoms with Crippen molar-refractivity contribution in [3.8, 4) is 11.6 Å². The predicted octanol–water partition coefficient (Wildman–Crippen LogP) is 4.89. The molecule has 1 aliphatic heterocycles. The molecular weight excluding hydrogens is 395 g/mol. The van der Waals surface area contributed by atoms with E-state index in [1.54, 1.807) is 48.8 Å². The van der Waals surface area contributed by atoms with Crippen LogP contribution in [-0.4, -0.2) is 29.0 Å². The Kier molecular flexibility index (Phi) is 6.40. The van der Waals surface area contributed by atoms with E-state index in [1.165, 1.54) is 18.6 Å². The van der Waals surface area contributed by atoms with E-state index in [4.69, 9.17) is 4.74 Å². The Morgan fingerprint density at radius 2 is 1.68 bits per heavy atom. The Labute approximate surface area is 181 Å². The third kappa shape index (κ3) is 5.17. The molecule has 0 radical (unpaired) electrons. The average molecular weight is 420 g/mol. The van der Waals surface area contributed by atoms with Crippen LogP contribution < -0.4 is 15.0 Å². The molecule has 2 heterocycles. The van der Waals surface area contributed by atoms with Gasteiger partial charge in [0, 0.05) is 31.0 Å². The Balaban J connectivity index is 1.41. The van der Waals surface area contributed by atoms with Crippen LogP contribution in [0.4, 0.5) is 10.2 Å². The van der Waals surface area contributed by atoms with Crippen LogP contribution in [0.5, 0.6) is 11.6 Å². The zero-order valence-electron chi connectivity index (χ0n) is 17.4. The number of nitrogens with zero attached hydrogens (tertiary/aromatic N) is 3. The monoisotopic (exact) mass is 420 g/mol. The number of hydrogen-bond donors (Lipinski definition) is 1. The molecule has 1 aliphatic rings. The first-order valence-corrected chi connectivity index (χ1v) is 10.5. The number of amides is 1. The average Bonchev–Trinajstić information content (AvgIpc) is 2.81. The van der Waals surface area contributed by atoms with Crippen molar-refractivity contribution in [3.63, 3.8) is 0 Å². The van der Waals surface area contributed by atoms with Gasteiger partial charge in [0.1, 0.15) is 11.6 Å². The van der Waals surface area contributed by atoms with Gasteiger partial charge in [-0.1, -0.05) is 12.1 Å². The summed E-state index contributed by atoms with van der Waals surface area (Å²) >= 11 is 0. The Morgan fingerprint density at radius 3 is 2.39 bits per heavy atom. The summed E-state index contributed by atoms with van der Waals surface area (Å²) in [6, 6.07) is 12.8. The number of carbonyl (C=O) groups is 1. The number of hydrogen-bond acceptors (Lipinski definition) is 5. The summed E-state index contributed by atoms with van der Waals surface area (Å²) in [4.78, 5) is 23.6. The number of ether oxygens (including phenoxy) is 1. The fourth-order valence-corrected chi connectivity index (χ4v) is 3.61. The Bertz CT molecular complexity index is 1020. The molecule has 31 heavy (non-hydrogen) atoms. The summed E-state index contributed by atoms with van der Waals surface area (Å²) in [6.45, 7) is 3.75. The topological polar surface area (TPSA) is 67.3 Å². The molecule has 0 saturated carbocycles. The van der Waals surface area contributed by atoms with Crippen molar-refractivity contribution >= 4 is 11.7 Å². The van der Waals surface area contributed by atoms with Gasteiger partial charge in [0.25, 0.3) is 11.8 Å². The number of anilines is 1. The predicted molar refractivity (Wildman–Crippen MR) is 117 cm³/mol. The maximum absolute atomic E-state index is 13.1. The van der Waals surface area contributed by atoms with Gasteiger partial charge in [-0.25, -0.2) is 14.4 Å². The summed E-state index contributed by atoms with van der Waals surface area (Å²) < 4.78 is 19.1. The molecule has 1 saturated heterocycles. The lowest BCUT2D eigenvalue weighted by atomic mass is 10.1. The van der Waals surface area contributed by atoms with E-state index in [2.05, 4.69) is 20.2 Å². The van der Waals surface area contributed by atoms with Crippen LogP contribution in [0, 0.1) is 5.82 Å². The highest BCUT2D eigenvalue weighted by atomic mass is 19.1. The summed E-state index contributed by atoms with van der Waals surface area (Å²) in [5.41, 5.74) is 1.35. The quantitative estimate of drug-likeness (QED) is 0.615. The van der Waals surface area contributed by atoms with Gasteiger partial charge in [0.15, 0.2) is 5.82 Å². The minimum atomic E-state index is -0.301. The minimum absolute atomic E-state index is 0.211. The molecule has 2 aromatic carbocycles. The summed E-state index contributed by atoms with van der Waals surface area (Å²) in [5.74, 6) is 1.28. The zero-order chi connectivity index (χ0) is 21.6. The molecule has 6 nitrogen and oxygen atoms in total. The van der Waals surface area contributed by atoms with E-state index >= 15 is 0 Å². The fraction of sp³-hybridized carbons (Fsp3) is 0.292. The van der Waals surface area contributed by atoms with Crippen LogP contribution in [-0.2, 0) is 0 Å². The molecule has 1 fully saturated rings. The Hall–Kier alpha value is -3.48. The van der Waals surface area contributed by atoms with E-state index in [0.29, 0.717) is 17.2 Å². The highest BCUT2D eigenvalue weighted by Gasteiger charge is 2.18. The van der Waals surface area contributed by atoms with Crippen molar-refractivity contribution < 1.29 is 13.9 Å². The van der Waals surface area contributed by atoms with Crippen LogP contribution in [0.15, 0.2) is 60.9 Å². The lowest BCUT2D eigenvalue weighted by Crippen LogP contribution is -2.30. The number of aromatic nitrogens is 2. The van der Waals surface area contributed by atoms with Crippen molar-refractivity contribution in [1.82, 2.24) is 15.3 Å². The molecule has 0 bridgehead atoms. The normalized spacial score (nSPS) is 14.7. The van der Waals surface area contributed by atoms with Gasteiger partial charge in [0.2, 0.25) is 0 Å². The molecule has 1 aromatic heterocycles. The van der Waals surface area contributed by atoms with E-state index in [9.17, 15) is 9.18 Å². The third-order valence-electron chi connectivity index (χ3n) is 5.35. The van der Waals surface area contributed by atoms with Crippen LogP contribution in [0.2, 0.25) is 0 Å². The van der Waals surface area contributed by atoms with Crippen molar-refractivity contribution in [3.05, 3.63) is 77.9 Å². The number of halogens is 1. The van der Waals surface area contributed by atoms with Crippen LogP contribution in [0.1, 0.15) is 48.1 Å². The van der Waals surface area contributed by atoms with Gasteiger partial charge >= 0.3 is 0 Å². The lowest BCUT2D eigenvalue weighted by Gasteiger charge is -2.28. The summed E-state index contributed by atoms with van der Waals surface area (Å²) in [7, 11) is 0. The van der Waals surface area contributed by atoms with Gasteiger partial charge in [-0.3, -0.25) is 4.79 Å². The molecule has 0 spiro atoms. The van der Waals surface area contributed by atoms with Crippen molar-refractivity contribution in [2.24, 2.45) is 0 Å². The van der Waals surface area contributed by atoms with Crippen molar-refractivity contribution in [2.75, 3.05) is 18.0 Å². The molecule has 4 rings (SSSR count). The molecular formula is C24H25FN4O2. The summed E-state index contributed by atoms with van der Waals surface area (Å²) in [6.07, 6.45) is 6.79. The van der Waals surface area contributed by atoms with Crippen molar-refractivity contribution in [2.45, 2.75) is 32.2 Å². The molecule has 1 amide bonds. The molecule has 0 aliphatic carbocycles. The number of carbonyl (C=O) groups excluding carboxylic acids is 1. The maximum atomic E-state index is 13.1. The maximum Gasteiger partial charge on any atom is 0.263 e. The lowest BCUT2D eigenvalue weighted by molar-refractivity contribution is 0.0940.